The monoisotopic (exact) mass is 201 g/mol. The maximum Gasteiger partial charge on any atom is 0.192 e. The van der Waals surface area contributed by atoms with Gasteiger partial charge in [0.15, 0.2) is 14.9 Å². The van der Waals surface area contributed by atoms with Gasteiger partial charge in [-0.25, -0.2) is 18.4 Å². The molecule has 0 aliphatic heterocycles. The summed E-state index contributed by atoms with van der Waals surface area (Å²) in [5, 5.41) is 0.0474. The van der Waals surface area contributed by atoms with Gasteiger partial charge in [0.05, 0.1) is 0 Å². The summed E-state index contributed by atoms with van der Waals surface area (Å²) in [5.41, 5.74) is 0. The molecule has 1 aromatic heterocycles. The van der Waals surface area contributed by atoms with Crippen LogP contribution in [0, 0.1) is 0 Å². The number of sulfone groups is 1. The smallest absolute Gasteiger partial charge is 0.192 e. The lowest BCUT2D eigenvalue weighted by Gasteiger charge is -2.10. The van der Waals surface area contributed by atoms with Crippen LogP contribution in [0.3, 0.4) is 0 Å². The van der Waals surface area contributed by atoms with Gasteiger partial charge in [-0.15, -0.1) is 0 Å². The van der Waals surface area contributed by atoms with Gasteiger partial charge in [-0.3, -0.25) is 0 Å². The van der Waals surface area contributed by atoms with Gasteiger partial charge in [0.1, 0.15) is 12.1 Å². The topological polar surface area (TPSA) is 63.2 Å². The number of hydrogen-bond donors (Lipinski definition) is 0. The van der Waals surface area contributed by atoms with Crippen molar-refractivity contribution in [1.82, 2.24) is 9.97 Å². The average Bonchev–Trinajstić information content (AvgIpc) is 2.03. The van der Waals surface area contributed by atoms with Crippen molar-refractivity contribution in [2.24, 2.45) is 0 Å². The summed E-state index contributed by atoms with van der Waals surface area (Å²) < 4.78 is 22.2. The van der Waals surface area contributed by atoms with Crippen molar-refractivity contribution in [3.8, 4) is 0 Å². The average molecular weight is 201 g/mol. The predicted octanol–water partition coefficient (Wildman–Crippen LogP) is -0.0539. The van der Waals surface area contributed by atoms with Crippen molar-refractivity contribution in [3.63, 3.8) is 0 Å². The highest BCUT2D eigenvalue weighted by molar-refractivity contribution is 7.90. The third-order valence-electron chi connectivity index (χ3n) is 1.47. The van der Waals surface area contributed by atoms with E-state index in [1.807, 2.05) is 0 Å². The molecule has 0 saturated carbocycles. The molecule has 0 atom stereocenters. The molecule has 0 aliphatic carbocycles. The van der Waals surface area contributed by atoms with Crippen LogP contribution in [0.5, 0.6) is 0 Å². The van der Waals surface area contributed by atoms with Gasteiger partial charge in [-0.2, -0.15) is 0 Å². The fraction of sp³-hybridized carbons (Fsp3) is 0.429. The zero-order chi connectivity index (χ0) is 10.1. The van der Waals surface area contributed by atoms with Crippen LogP contribution in [0.2, 0.25) is 0 Å². The summed E-state index contributed by atoms with van der Waals surface area (Å²) in [6.07, 6.45) is 2.36. The van der Waals surface area contributed by atoms with Crippen LogP contribution < -0.4 is 4.90 Å². The van der Waals surface area contributed by atoms with Gasteiger partial charge in [0.25, 0.3) is 0 Å². The molecule has 0 bridgehead atoms. The number of hydrogen-bond acceptors (Lipinski definition) is 5. The SMILES string of the molecule is CN(C)c1cc(S(C)(=O)=O)ncn1. The van der Waals surface area contributed by atoms with E-state index >= 15 is 0 Å². The fourth-order valence-electron chi connectivity index (χ4n) is 0.777. The standard InChI is InChI=1S/C7H11N3O2S/c1-10(2)6-4-7(9-5-8-6)13(3,11)12/h4-5H,1-3H3. The van der Waals surface area contributed by atoms with E-state index in [9.17, 15) is 8.42 Å². The molecule has 72 valence electrons. The Bertz CT molecular complexity index is 400. The van der Waals surface area contributed by atoms with Crippen LogP contribution in [0.15, 0.2) is 17.4 Å². The molecule has 5 nitrogen and oxygen atoms in total. The summed E-state index contributed by atoms with van der Waals surface area (Å²) in [4.78, 5) is 9.29. The third-order valence-corrected chi connectivity index (χ3v) is 2.45. The highest BCUT2D eigenvalue weighted by Gasteiger charge is 2.10. The van der Waals surface area contributed by atoms with Crippen LogP contribution in [-0.4, -0.2) is 38.7 Å². The van der Waals surface area contributed by atoms with Gasteiger partial charge < -0.3 is 4.90 Å². The predicted molar refractivity (Wildman–Crippen MR) is 49.5 cm³/mol. The molecule has 0 aliphatic rings. The van der Waals surface area contributed by atoms with Gasteiger partial charge >= 0.3 is 0 Å². The normalized spacial score (nSPS) is 11.3. The van der Waals surface area contributed by atoms with E-state index in [4.69, 9.17) is 0 Å². The van der Waals surface area contributed by atoms with Gasteiger partial charge in [0, 0.05) is 26.4 Å². The van der Waals surface area contributed by atoms with Gasteiger partial charge in [-0.1, -0.05) is 0 Å². The molecule has 1 rings (SSSR count). The molecule has 6 heteroatoms. The molecule has 0 saturated heterocycles. The summed E-state index contributed by atoms with van der Waals surface area (Å²) in [6.45, 7) is 0. The second-order valence-electron chi connectivity index (χ2n) is 2.88. The van der Waals surface area contributed by atoms with Crippen LogP contribution in [0.1, 0.15) is 0 Å². The van der Waals surface area contributed by atoms with Crippen molar-refractivity contribution < 1.29 is 8.42 Å². The van der Waals surface area contributed by atoms with Crippen LogP contribution in [0.25, 0.3) is 0 Å². The minimum absolute atomic E-state index is 0.0474. The Morgan fingerprint density at radius 2 is 1.92 bits per heavy atom. The van der Waals surface area contributed by atoms with Crippen molar-refractivity contribution >= 4 is 15.7 Å². The van der Waals surface area contributed by atoms with Crippen LogP contribution in [-0.2, 0) is 9.84 Å². The zero-order valence-corrected chi connectivity index (χ0v) is 8.54. The van der Waals surface area contributed by atoms with Gasteiger partial charge in [0.2, 0.25) is 0 Å². The Morgan fingerprint density at radius 3 is 2.38 bits per heavy atom. The Labute approximate surface area is 77.4 Å². The van der Waals surface area contributed by atoms with Crippen molar-refractivity contribution in [3.05, 3.63) is 12.4 Å². The van der Waals surface area contributed by atoms with E-state index < -0.39 is 9.84 Å². The molecule has 0 fully saturated rings. The molecule has 13 heavy (non-hydrogen) atoms. The molecule has 0 unspecified atom stereocenters. The fourth-order valence-corrected chi connectivity index (χ4v) is 1.34. The first kappa shape index (κ1) is 9.91. The first-order chi connectivity index (χ1) is 5.91. The molecule has 1 aromatic rings. The lowest BCUT2D eigenvalue weighted by atomic mass is 10.5. The summed E-state index contributed by atoms with van der Waals surface area (Å²) in [7, 11) is 0.336. The number of anilines is 1. The molecule has 0 N–H and O–H groups in total. The summed E-state index contributed by atoms with van der Waals surface area (Å²) in [6, 6.07) is 1.44. The lowest BCUT2D eigenvalue weighted by Crippen LogP contribution is -2.12. The molecule has 0 amide bonds. The Morgan fingerprint density at radius 1 is 1.31 bits per heavy atom. The Kier molecular flexibility index (Phi) is 2.51. The first-order valence-electron chi connectivity index (χ1n) is 3.60. The Balaban J connectivity index is 3.21. The maximum atomic E-state index is 11.1. The molecular weight excluding hydrogens is 190 g/mol. The molecule has 0 aromatic carbocycles. The minimum Gasteiger partial charge on any atom is -0.363 e. The molecule has 0 spiro atoms. The molecule has 1 heterocycles. The van der Waals surface area contributed by atoms with E-state index in [0.717, 1.165) is 6.26 Å². The van der Waals surface area contributed by atoms with E-state index in [-0.39, 0.29) is 5.03 Å². The molecule has 0 radical (unpaired) electrons. The Hall–Kier alpha value is -1.17. The van der Waals surface area contributed by atoms with E-state index in [2.05, 4.69) is 9.97 Å². The largest absolute Gasteiger partial charge is 0.363 e. The zero-order valence-electron chi connectivity index (χ0n) is 7.72. The number of nitrogens with zero attached hydrogens (tertiary/aromatic N) is 3. The number of aromatic nitrogens is 2. The van der Waals surface area contributed by atoms with E-state index in [1.54, 1.807) is 19.0 Å². The maximum absolute atomic E-state index is 11.1. The minimum atomic E-state index is -3.24. The van der Waals surface area contributed by atoms with Crippen molar-refractivity contribution in [2.75, 3.05) is 25.3 Å². The van der Waals surface area contributed by atoms with E-state index in [1.165, 1.54) is 12.4 Å². The quantitative estimate of drug-likeness (QED) is 0.627. The van der Waals surface area contributed by atoms with Crippen molar-refractivity contribution in [1.29, 1.82) is 0 Å². The highest BCUT2D eigenvalue weighted by atomic mass is 32.2. The second kappa shape index (κ2) is 3.29. The van der Waals surface area contributed by atoms with Crippen LogP contribution >= 0.6 is 0 Å². The first-order valence-corrected chi connectivity index (χ1v) is 5.50. The van der Waals surface area contributed by atoms with Crippen LogP contribution in [0.4, 0.5) is 5.82 Å². The van der Waals surface area contributed by atoms with E-state index in [0.29, 0.717) is 5.82 Å². The number of rotatable bonds is 2. The summed E-state index contributed by atoms with van der Waals surface area (Å²) >= 11 is 0. The lowest BCUT2D eigenvalue weighted by molar-refractivity contribution is 0.598. The van der Waals surface area contributed by atoms with Gasteiger partial charge in [-0.05, 0) is 0 Å². The van der Waals surface area contributed by atoms with Crippen molar-refractivity contribution in [2.45, 2.75) is 5.03 Å². The third kappa shape index (κ3) is 2.38. The summed E-state index contributed by atoms with van der Waals surface area (Å²) in [5.74, 6) is 0.579. The second-order valence-corrected chi connectivity index (χ2v) is 4.84. The molecular formula is C7H11N3O2S. The highest BCUT2D eigenvalue weighted by Crippen LogP contribution is 2.10.